The molecular formula is C16H24BrN3O. The van der Waals surface area contributed by atoms with Gasteiger partial charge in [0.1, 0.15) is 0 Å². The molecule has 2 amide bonds. The van der Waals surface area contributed by atoms with Gasteiger partial charge in [-0.3, -0.25) is 4.90 Å². The monoisotopic (exact) mass is 353 g/mol. The smallest absolute Gasteiger partial charge is 0.321 e. The van der Waals surface area contributed by atoms with Crippen LogP contribution in [0.1, 0.15) is 26.2 Å². The molecule has 0 aromatic heterocycles. The van der Waals surface area contributed by atoms with Gasteiger partial charge in [0.2, 0.25) is 0 Å². The normalized spacial score (nSPS) is 16.0. The highest BCUT2D eigenvalue weighted by molar-refractivity contribution is 9.10. The Bertz CT molecular complexity index is 441. The third-order valence-corrected chi connectivity index (χ3v) is 4.36. The Labute approximate surface area is 135 Å². The molecule has 1 heterocycles. The number of rotatable bonds is 5. The van der Waals surface area contributed by atoms with Crippen molar-refractivity contribution in [1.29, 1.82) is 0 Å². The van der Waals surface area contributed by atoms with Gasteiger partial charge in [-0.1, -0.05) is 35.7 Å². The van der Waals surface area contributed by atoms with E-state index in [9.17, 15) is 4.79 Å². The van der Waals surface area contributed by atoms with Gasteiger partial charge in [0.25, 0.3) is 0 Å². The maximum atomic E-state index is 12.2. The fourth-order valence-corrected chi connectivity index (χ4v) is 2.76. The van der Waals surface area contributed by atoms with Crippen LogP contribution in [0.4, 0.5) is 10.5 Å². The lowest BCUT2D eigenvalue weighted by molar-refractivity contribution is 0.146. The summed E-state index contributed by atoms with van der Waals surface area (Å²) in [6.45, 7) is 6.98. The number of nitrogens with zero attached hydrogens (tertiary/aromatic N) is 2. The average Bonchev–Trinajstić information content (AvgIpc) is 2.50. The molecule has 1 saturated heterocycles. The minimum atomic E-state index is 0.00512. The predicted molar refractivity (Wildman–Crippen MR) is 90.7 cm³/mol. The second kappa shape index (κ2) is 8.39. The Kier molecular flexibility index (Phi) is 6.51. The maximum Gasteiger partial charge on any atom is 0.321 e. The van der Waals surface area contributed by atoms with Crippen LogP contribution in [0.5, 0.6) is 0 Å². The van der Waals surface area contributed by atoms with Crippen molar-refractivity contribution >= 4 is 27.6 Å². The zero-order chi connectivity index (χ0) is 15.1. The number of carbonyl (C=O) groups is 1. The largest absolute Gasteiger partial charge is 0.322 e. The Hall–Kier alpha value is -1.07. The molecule has 1 N–H and O–H groups in total. The van der Waals surface area contributed by atoms with E-state index in [2.05, 4.69) is 33.1 Å². The molecule has 4 nitrogen and oxygen atoms in total. The molecule has 1 aliphatic heterocycles. The van der Waals surface area contributed by atoms with Gasteiger partial charge in [-0.05, 0) is 37.2 Å². The van der Waals surface area contributed by atoms with E-state index in [0.717, 1.165) is 42.9 Å². The van der Waals surface area contributed by atoms with Gasteiger partial charge in [-0.2, -0.15) is 0 Å². The Morgan fingerprint density at radius 2 is 1.81 bits per heavy atom. The van der Waals surface area contributed by atoms with Crippen molar-refractivity contribution in [2.24, 2.45) is 0 Å². The zero-order valence-corrected chi connectivity index (χ0v) is 14.2. The second-order valence-corrected chi connectivity index (χ2v) is 6.39. The summed E-state index contributed by atoms with van der Waals surface area (Å²) in [6, 6.07) is 7.68. The summed E-state index contributed by atoms with van der Waals surface area (Å²) in [6.07, 6.45) is 3.82. The Morgan fingerprint density at radius 3 is 2.43 bits per heavy atom. The maximum absolute atomic E-state index is 12.2. The first-order chi connectivity index (χ1) is 10.2. The highest BCUT2D eigenvalue weighted by Crippen LogP contribution is 2.15. The Balaban J connectivity index is 1.74. The van der Waals surface area contributed by atoms with E-state index in [4.69, 9.17) is 0 Å². The van der Waals surface area contributed by atoms with Crippen LogP contribution in [0.15, 0.2) is 28.7 Å². The van der Waals surface area contributed by atoms with E-state index in [1.165, 1.54) is 19.3 Å². The van der Waals surface area contributed by atoms with Crippen LogP contribution >= 0.6 is 15.9 Å². The summed E-state index contributed by atoms with van der Waals surface area (Å²) in [7, 11) is 0. The van der Waals surface area contributed by atoms with E-state index < -0.39 is 0 Å². The molecule has 1 aliphatic rings. The van der Waals surface area contributed by atoms with Crippen LogP contribution in [0.3, 0.4) is 0 Å². The van der Waals surface area contributed by atoms with Crippen molar-refractivity contribution in [3.63, 3.8) is 0 Å². The van der Waals surface area contributed by atoms with E-state index in [-0.39, 0.29) is 6.03 Å². The number of halogens is 1. The first kappa shape index (κ1) is 16.3. The van der Waals surface area contributed by atoms with Gasteiger partial charge in [-0.15, -0.1) is 0 Å². The fourth-order valence-electron chi connectivity index (χ4n) is 2.50. The molecule has 0 atom stereocenters. The molecule has 116 valence electrons. The van der Waals surface area contributed by atoms with Crippen molar-refractivity contribution in [1.82, 2.24) is 9.80 Å². The van der Waals surface area contributed by atoms with E-state index in [1.807, 2.05) is 29.2 Å². The highest BCUT2D eigenvalue weighted by atomic mass is 79.9. The molecule has 0 spiro atoms. The first-order valence-electron chi connectivity index (χ1n) is 7.73. The molecule has 1 fully saturated rings. The van der Waals surface area contributed by atoms with Crippen LogP contribution in [-0.4, -0.2) is 48.6 Å². The van der Waals surface area contributed by atoms with Crippen molar-refractivity contribution < 1.29 is 4.79 Å². The quantitative estimate of drug-likeness (QED) is 0.817. The van der Waals surface area contributed by atoms with Crippen molar-refractivity contribution in [3.05, 3.63) is 28.7 Å². The number of benzene rings is 1. The molecule has 0 aliphatic carbocycles. The zero-order valence-electron chi connectivity index (χ0n) is 12.6. The minimum Gasteiger partial charge on any atom is -0.322 e. The summed E-state index contributed by atoms with van der Waals surface area (Å²) >= 11 is 3.39. The van der Waals surface area contributed by atoms with Crippen molar-refractivity contribution in [2.75, 3.05) is 38.0 Å². The lowest BCUT2D eigenvalue weighted by atomic mass is 10.2. The van der Waals surface area contributed by atoms with Gasteiger partial charge < -0.3 is 10.2 Å². The third kappa shape index (κ3) is 5.32. The third-order valence-electron chi connectivity index (χ3n) is 3.83. The van der Waals surface area contributed by atoms with Gasteiger partial charge in [0, 0.05) is 36.3 Å². The predicted octanol–water partition coefficient (Wildman–Crippen LogP) is 3.79. The topological polar surface area (TPSA) is 35.6 Å². The van der Waals surface area contributed by atoms with Gasteiger partial charge in [0.15, 0.2) is 0 Å². The van der Waals surface area contributed by atoms with Gasteiger partial charge in [-0.25, -0.2) is 4.79 Å². The number of unbranched alkanes of at least 4 members (excludes halogenated alkanes) is 2. The molecule has 2 rings (SSSR count). The minimum absolute atomic E-state index is 0.00512. The fraction of sp³-hybridized carbons (Fsp3) is 0.562. The second-order valence-electron chi connectivity index (χ2n) is 5.47. The molecular weight excluding hydrogens is 330 g/mol. The summed E-state index contributed by atoms with van der Waals surface area (Å²) < 4.78 is 1.01. The summed E-state index contributed by atoms with van der Waals surface area (Å²) in [5.74, 6) is 0. The van der Waals surface area contributed by atoms with Crippen LogP contribution in [0.2, 0.25) is 0 Å². The molecule has 1 aromatic carbocycles. The SMILES string of the molecule is CCCCCN1CCN(C(=O)Nc2ccc(Br)cc2)CC1. The van der Waals surface area contributed by atoms with Crippen LogP contribution < -0.4 is 5.32 Å². The van der Waals surface area contributed by atoms with Crippen LogP contribution in [-0.2, 0) is 0 Å². The molecule has 21 heavy (non-hydrogen) atoms. The molecule has 5 heteroatoms. The number of amides is 2. The molecule has 1 aromatic rings. The van der Waals surface area contributed by atoms with Gasteiger partial charge in [0.05, 0.1) is 0 Å². The van der Waals surface area contributed by atoms with Gasteiger partial charge >= 0.3 is 6.03 Å². The molecule has 0 saturated carbocycles. The first-order valence-corrected chi connectivity index (χ1v) is 8.52. The number of urea groups is 1. The summed E-state index contributed by atoms with van der Waals surface area (Å²) in [5.41, 5.74) is 0.841. The van der Waals surface area contributed by atoms with Crippen LogP contribution in [0.25, 0.3) is 0 Å². The summed E-state index contributed by atoms with van der Waals surface area (Å²) in [5, 5.41) is 2.95. The molecule has 0 unspecified atom stereocenters. The van der Waals surface area contributed by atoms with Crippen molar-refractivity contribution in [2.45, 2.75) is 26.2 Å². The lowest BCUT2D eigenvalue weighted by Crippen LogP contribution is -2.50. The number of hydrogen-bond acceptors (Lipinski definition) is 2. The lowest BCUT2D eigenvalue weighted by Gasteiger charge is -2.34. The number of piperazine rings is 1. The summed E-state index contributed by atoms with van der Waals surface area (Å²) in [4.78, 5) is 16.6. The number of carbonyl (C=O) groups excluding carboxylic acids is 1. The van der Waals surface area contributed by atoms with Crippen molar-refractivity contribution in [3.8, 4) is 0 Å². The number of nitrogens with one attached hydrogen (secondary N) is 1. The molecule has 0 bridgehead atoms. The number of anilines is 1. The van der Waals surface area contributed by atoms with Crippen LogP contribution in [0, 0.1) is 0 Å². The highest BCUT2D eigenvalue weighted by Gasteiger charge is 2.20. The van der Waals surface area contributed by atoms with E-state index in [1.54, 1.807) is 0 Å². The Morgan fingerprint density at radius 1 is 1.14 bits per heavy atom. The standard InChI is InChI=1S/C16H24BrN3O/c1-2-3-4-9-19-10-12-20(13-11-19)16(21)18-15-7-5-14(17)6-8-15/h5-8H,2-4,9-13H2,1H3,(H,18,21). The van der Waals surface area contributed by atoms with E-state index >= 15 is 0 Å². The van der Waals surface area contributed by atoms with E-state index in [0.29, 0.717) is 0 Å². The average molecular weight is 354 g/mol. The number of hydrogen-bond donors (Lipinski definition) is 1. The molecule has 0 radical (unpaired) electrons.